The van der Waals surface area contributed by atoms with Gasteiger partial charge in [0.25, 0.3) is 0 Å². The number of anilines is 1. The fraction of sp³-hybridized carbons (Fsp3) is 0.500. The van der Waals surface area contributed by atoms with Crippen LogP contribution in [-0.4, -0.2) is 32.9 Å². The molecule has 1 saturated carbocycles. The Labute approximate surface area is 126 Å². The predicted octanol–water partition coefficient (Wildman–Crippen LogP) is 0.923. The smallest absolute Gasteiger partial charge is 0.232 e. The standard InChI is InChI=1S/C16H23NO3S/c1-4-13-11-16(15(10-12(13)2)14-6-7-14)17(8-5-9-18)21(3,19)20/h4,10-11,14,18H,2,5-9H2,1,3H3. The lowest BCUT2D eigenvalue weighted by Crippen LogP contribution is -2.35. The first kappa shape index (κ1) is 16.0. The zero-order chi connectivity index (χ0) is 15.6. The summed E-state index contributed by atoms with van der Waals surface area (Å²) in [5.74, 6) is 0.435. The average Bonchev–Trinajstić information content (AvgIpc) is 3.23. The number of rotatable bonds is 6. The monoisotopic (exact) mass is 309 g/mol. The molecule has 0 spiro atoms. The van der Waals surface area contributed by atoms with Crippen molar-refractivity contribution in [2.75, 3.05) is 23.7 Å². The molecule has 0 saturated heterocycles. The molecule has 1 aromatic carbocycles. The highest BCUT2D eigenvalue weighted by Gasteiger charge is 2.30. The lowest BCUT2D eigenvalue weighted by molar-refractivity contribution is 0.291. The van der Waals surface area contributed by atoms with Crippen molar-refractivity contribution in [3.63, 3.8) is 0 Å². The summed E-state index contributed by atoms with van der Waals surface area (Å²) in [4.78, 5) is 0. The van der Waals surface area contributed by atoms with Crippen molar-refractivity contribution in [3.8, 4) is 0 Å². The molecule has 1 aromatic rings. The van der Waals surface area contributed by atoms with E-state index < -0.39 is 10.0 Å². The average molecular weight is 309 g/mol. The second-order valence-electron chi connectivity index (χ2n) is 5.59. The molecule has 0 aliphatic heterocycles. The Balaban J connectivity index is 2.60. The first-order valence-electron chi connectivity index (χ1n) is 7.26. The fourth-order valence-electron chi connectivity index (χ4n) is 2.55. The van der Waals surface area contributed by atoms with Crippen LogP contribution in [0.25, 0.3) is 12.7 Å². The number of sulfonamides is 1. The first-order valence-corrected chi connectivity index (χ1v) is 9.11. The minimum absolute atomic E-state index is 0.0229. The second-order valence-corrected chi connectivity index (χ2v) is 7.49. The Hall–Kier alpha value is -1.33. The van der Waals surface area contributed by atoms with Gasteiger partial charge in [0.05, 0.1) is 11.9 Å². The van der Waals surface area contributed by atoms with Crippen LogP contribution in [0.3, 0.4) is 0 Å². The number of nitrogens with zero attached hydrogens (tertiary/aromatic N) is 1. The van der Waals surface area contributed by atoms with E-state index >= 15 is 0 Å². The van der Waals surface area contributed by atoms with Crippen molar-refractivity contribution >= 4 is 28.4 Å². The van der Waals surface area contributed by atoms with E-state index in [1.54, 1.807) is 0 Å². The van der Waals surface area contributed by atoms with Gasteiger partial charge in [-0.3, -0.25) is 4.31 Å². The van der Waals surface area contributed by atoms with E-state index in [1.165, 1.54) is 10.6 Å². The molecule has 1 aliphatic rings. The number of hydrogen-bond donors (Lipinski definition) is 1. The van der Waals surface area contributed by atoms with Crippen LogP contribution in [0, 0.1) is 0 Å². The van der Waals surface area contributed by atoms with Gasteiger partial charge < -0.3 is 5.11 Å². The molecule has 0 bridgehead atoms. The number of benzene rings is 1. The molecule has 0 heterocycles. The maximum Gasteiger partial charge on any atom is 0.232 e. The maximum atomic E-state index is 12.1. The number of hydrogen-bond acceptors (Lipinski definition) is 3. The molecule has 2 rings (SSSR count). The highest BCUT2D eigenvalue weighted by atomic mass is 32.2. The van der Waals surface area contributed by atoms with E-state index in [1.807, 2.05) is 25.1 Å². The molecule has 1 aliphatic carbocycles. The molecule has 0 unspecified atom stereocenters. The van der Waals surface area contributed by atoms with Gasteiger partial charge >= 0.3 is 0 Å². The van der Waals surface area contributed by atoms with Gasteiger partial charge in [-0.05, 0) is 60.2 Å². The van der Waals surface area contributed by atoms with Gasteiger partial charge in [-0.25, -0.2) is 8.42 Å². The van der Waals surface area contributed by atoms with Crippen molar-refractivity contribution in [2.45, 2.75) is 32.1 Å². The van der Waals surface area contributed by atoms with E-state index in [4.69, 9.17) is 5.11 Å². The molecule has 1 N–H and O–H groups in total. The third-order valence-corrected chi connectivity index (χ3v) is 4.98. The fourth-order valence-corrected chi connectivity index (χ4v) is 3.53. The number of aliphatic hydroxyl groups is 1. The van der Waals surface area contributed by atoms with Crippen molar-refractivity contribution in [1.82, 2.24) is 0 Å². The van der Waals surface area contributed by atoms with Crippen LogP contribution in [0.1, 0.15) is 37.7 Å². The lowest BCUT2D eigenvalue weighted by Gasteiger charge is -2.25. The van der Waals surface area contributed by atoms with Gasteiger partial charge in [0, 0.05) is 13.2 Å². The summed E-state index contributed by atoms with van der Waals surface area (Å²) in [5.41, 5.74) is 1.81. The molecule has 0 atom stereocenters. The molecule has 5 heteroatoms. The van der Waals surface area contributed by atoms with Crippen molar-refractivity contribution in [3.05, 3.63) is 28.1 Å². The summed E-state index contributed by atoms with van der Waals surface area (Å²) in [5, 5.41) is 10.9. The molecule has 21 heavy (non-hydrogen) atoms. The van der Waals surface area contributed by atoms with E-state index in [0.29, 0.717) is 18.9 Å². The van der Waals surface area contributed by atoms with Crippen LogP contribution in [0.2, 0.25) is 0 Å². The third-order valence-electron chi connectivity index (χ3n) is 3.81. The lowest BCUT2D eigenvalue weighted by atomic mass is 10.1. The SMILES string of the molecule is C=c1cc(C2CC2)c(N(CCCO)S(C)(=O)=O)cc1=CC. The largest absolute Gasteiger partial charge is 0.396 e. The highest BCUT2D eigenvalue weighted by molar-refractivity contribution is 7.92. The normalized spacial score (nSPS) is 16.2. The van der Waals surface area contributed by atoms with Gasteiger partial charge in [-0.15, -0.1) is 0 Å². The van der Waals surface area contributed by atoms with Gasteiger partial charge in [0.1, 0.15) is 0 Å². The Morgan fingerprint density at radius 1 is 1.43 bits per heavy atom. The van der Waals surface area contributed by atoms with E-state index in [0.717, 1.165) is 34.5 Å². The van der Waals surface area contributed by atoms with Crippen LogP contribution in [0.15, 0.2) is 12.1 Å². The van der Waals surface area contributed by atoms with Crippen LogP contribution in [0.4, 0.5) is 5.69 Å². The van der Waals surface area contributed by atoms with E-state index in [2.05, 4.69) is 6.58 Å². The minimum atomic E-state index is -3.37. The van der Waals surface area contributed by atoms with Gasteiger partial charge in [0.15, 0.2) is 0 Å². The number of aliphatic hydroxyl groups excluding tert-OH is 1. The first-order chi connectivity index (χ1) is 9.88. The second kappa shape index (κ2) is 6.20. The van der Waals surface area contributed by atoms with E-state index in [-0.39, 0.29) is 6.61 Å². The van der Waals surface area contributed by atoms with Crippen LogP contribution in [0.5, 0.6) is 0 Å². The summed E-state index contributed by atoms with van der Waals surface area (Å²) in [7, 11) is -3.37. The third kappa shape index (κ3) is 3.66. The summed E-state index contributed by atoms with van der Waals surface area (Å²) >= 11 is 0. The summed E-state index contributed by atoms with van der Waals surface area (Å²) in [6, 6.07) is 3.92. The Kier molecular flexibility index (Phi) is 4.74. The summed E-state index contributed by atoms with van der Waals surface area (Å²) in [6.45, 7) is 6.24. The van der Waals surface area contributed by atoms with Crippen molar-refractivity contribution < 1.29 is 13.5 Å². The highest BCUT2D eigenvalue weighted by Crippen LogP contribution is 2.43. The van der Waals surface area contributed by atoms with Crippen LogP contribution in [-0.2, 0) is 10.0 Å². The topological polar surface area (TPSA) is 57.6 Å². The van der Waals surface area contributed by atoms with E-state index in [9.17, 15) is 8.42 Å². The van der Waals surface area contributed by atoms with Crippen LogP contribution >= 0.6 is 0 Å². The Morgan fingerprint density at radius 2 is 2.10 bits per heavy atom. The molecule has 1 fully saturated rings. The molecule has 116 valence electrons. The Bertz CT molecular complexity index is 721. The maximum absolute atomic E-state index is 12.1. The minimum Gasteiger partial charge on any atom is -0.396 e. The summed E-state index contributed by atoms with van der Waals surface area (Å²) in [6.07, 6.45) is 5.77. The molecular weight excluding hydrogens is 286 g/mol. The van der Waals surface area contributed by atoms with Gasteiger partial charge in [0.2, 0.25) is 10.0 Å². The molecule has 0 aromatic heterocycles. The van der Waals surface area contributed by atoms with Gasteiger partial charge in [-0.1, -0.05) is 12.7 Å². The predicted molar refractivity (Wildman–Crippen MR) is 87.2 cm³/mol. The van der Waals surface area contributed by atoms with Crippen LogP contribution < -0.4 is 14.7 Å². The Morgan fingerprint density at radius 3 is 2.57 bits per heavy atom. The quantitative estimate of drug-likeness (QED) is 0.850. The molecular formula is C16H23NO3S. The van der Waals surface area contributed by atoms with Crippen molar-refractivity contribution in [1.29, 1.82) is 0 Å². The summed E-state index contributed by atoms with van der Waals surface area (Å²) < 4.78 is 25.7. The van der Waals surface area contributed by atoms with Gasteiger partial charge in [-0.2, -0.15) is 0 Å². The van der Waals surface area contributed by atoms with Crippen molar-refractivity contribution in [2.24, 2.45) is 0 Å². The zero-order valence-electron chi connectivity index (χ0n) is 12.7. The molecule has 0 amide bonds. The molecule has 0 radical (unpaired) electrons. The molecule has 4 nitrogen and oxygen atoms in total. The zero-order valence-corrected chi connectivity index (χ0v) is 13.5.